The second-order valence-corrected chi connectivity index (χ2v) is 39.8. The van der Waals surface area contributed by atoms with Gasteiger partial charge in [0.1, 0.15) is 23.0 Å². The Hall–Kier alpha value is -8.76. The molecule has 0 amide bonds. The number of hydrogen-bond acceptors (Lipinski definition) is 10. The molecule has 2 aliphatic heterocycles. The zero-order valence-electron chi connectivity index (χ0n) is 74.4. The van der Waals surface area contributed by atoms with E-state index in [4.69, 9.17) is 58.8 Å². The van der Waals surface area contributed by atoms with Gasteiger partial charge in [0.05, 0.1) is 49.7 Å². The molecule has 5 heterocycles. The Balaban J connectivity index is 0.00000103. The summed E-state index contributed by atoms with van der Waals surface area (Å²) in [6, 6.07) is 41.5. The normalized spacial score (nSPS) is 13.7. The maximum absolute atomic E-state index is 11.9. The van der Waals surface area contributed by atoms with Crippen LogP contribution in [0.4, 0.5) is 13.2 Å². The first-order valence-electron chi connectivity index (χ1n) is 44.3. The molecule has 0 spiro atoms. The predicted molar refractivity (Wildman–Crippen MR) is 491 cm³/mol. The molecule has 2 radical (unpaired) electrons. The molecular weight excluding hydrogens is 1580 g/mol. The van der Waals surface area contributed by atoms with E-state index in [2.05, 4.69) is 236 Å². The van der Waals surface area contributed by atoms with Crippen molar-refractivity contribution in [3.63, 3.8) is 0 Å². The van der Waals surface area contributed by atoms with Gasteiger partial charge in [-0.1, -0.05) is 240 Å². The number of fused-ring (bicyclic) bond motifs is 24. The van der Waals surface area contributed by atoms with E-state index in [1.165, 1.54) is 60.1 Å². The van der Waals surface area contributed by atoms with Crippen molar-refractivity contribution in [2.24, 2.45) is 23.7 Å². The Labute approximate surface area is 718 Å². The molecule has 9 aromatic carbocycles. The summed E-state index contributed by atoms with van der Waals surface area (Å²) < 4.78 is 65.2. The van der Waals surface area contributed by atoms with Gasteiger partial charge in [-0.15, -0.1) is 0 Å². The van der Waals surface area contributed by atoms with Gasteiger partial charge in [-0.05, 0) is 209 Å². The van der Waals surface area contributed by atoms with E-state index < -0.39 is 11.7 Å². The molecule has 12 nitrogen and oxygen atoms in total. The fourth-order valence-electron chi connectivity index (χ4n) is 16.3. The van der Waals surface area contributed by atoms with E-state index >= 15 is 0 Å². The van der Waals surface area contributed by atoms with Gasteiger partial charge < -0.3 is 48.9 Å². The van der Waals surface area contributed by atoms with Crippen molar-refractivity contribution in [3.8, 4) is 68.5 Å². The molecule has 12 aromatic rings. The van der Waals surface area contributed by atoms with Crippen molar-refractivity contribution in [2.75, 3.05) is 26.4 Å². The molecule has 16 heteroatoms. The summed E-state index contributed by atoms with van der Waals surface area (Å²) in [6.07, 6.45) is 13.7. The summed E-state index contributed by atoms with van der Waals surface area (Å²) in [5, 5.41) is 11.4. The first-order chi connectivity index (χ1) is 56.6. The number of hydrogen-bond donors (Lipinski definition) is 0. The first kappa shape index (κ1) is 88.0. The third-order valence-electron chi connectivity index (χ3n) is 24.6. The van der Waals surface area contributed by atoms with Crippen molar-refractivity contribution in [1.82, 2.24) is 39.9 Å². The van der Waals surface area contributed by atoms with E-state index in [1.54, 1.807) is 0 Å². The van der Waals surface area contributed by atoms with Crippen LogP contribution < -0.4 is 32.2 Å². The molecule has 4 unspecified atom stereocenters. The van der Waals surface area contributed by atoms with Crippen molar-refractivity contribution >= 4 is 115 Å². The van der Waals surface area contributed by atoms with E-state index in [0.717, 1.165) is 227 Å². The summed E-state index contributed by atoms with van der Waals surface area (Å²) in [7, 11) is 0. The Morgan fingerprint density at radius 1 is 0.303 bits per heavy atom. The quantitative estimate of drug-likeness (QED) is 0.0461. The summed E-state index contributed by atoms with van der Waals surface area (Å²) in [6.45, 7) is 48.0. The number of rotatable bonds is 28. The van der Waals surface area contributed by atoms with Gasteiger partial charge in [0, 0.05) is 66.4 Å². The number of unbranched alkanes of at least 4 members (excludes halogenated alkanes) is 4. The second kappa shape index (κ2) is 36.5. The van der Waals surface area contributed by atoms with Gasteiger partial charge in [0.15, 0.2) is 0 Å². The topological polar surface area (TPSA) is 142 Å². The van der Waals surface area contributed by atoms with Crippen LogP contribution in [-0.4, -0.2) is 80.7 Å². The van der Waals surface area contributed by atoms with Gasteiger partial charge >= 0.3 is 76.9 Å². The van der Waals surface area contributed by atoms with Crippen molar-refractivity contribution in [3.05, 3.63) is 149 Å². The molecule has 8 bridgehead atoms. The Morgan fingerprint density at radius 2 is 0.555 bits per heavy atom. The maximum atomic E-state index is 11.9. The average molecular weight is 1710 g/mol. The zero-order valence-corrected chi connectivity index (χ0v) is 77.7. The summed E-state index contributed by atoms with van der Waals surface area (Å²) >= 11 is 0.853. The fraction of sp³-hybridized carbons (Fsp3) is 0.476. The minimum absolute atomic E-state index is 0.183. The minimum atomic E-state index is -4.20. The van der Waals surface area contributed by atoms with Gasteiger partial charge in [-0.25, -0.2) is 9.97 Å². The molecule has 4 atom stereocenters. The van der Waals surface area contributed by atoms with Crippen LogP contribution in [0.1, 0.15) is 269 Å². The monoisotopic (exact) mass is 1710 g/mol. The third kappa shape index (κ3) is 19.9. The van der Waals surface area contributed by atoms with Crippen LogP contribution in [0, 0.1) is 23.7 Å². The molecular formula is C103H124F3InN8O4-2. The van der Waals surface area contributed by atoms with Gasteiger partial charge in [0.25, 0.3) is 0 Å². The van der Waals surface area contributed by atoms with Crippen LogP contribution in [0.2, 0.25) is 0 Å². The fourth-order valence-corrected chi connectivity index (χ4v) is 16.8. The SMILES string of the molecule is CCCCC(CC)COc1cc(C(C)(C)C)cc2cc3c(cc12)-c1nc-3nc2[n-]c(nc3nc(nc4[n-]c(n1)c1cc5cc(C(C)(C)C)cc(OCC(CC)CCCC)c5cc41)-c1cc4cc(C(C)(C)C)cc(OCC(CC)CCCC)c4cc1-3)c1cc3cc(C(C)(C)C)cc(OCC(CC)CCCC)c3cc21.FC(F)(F)c1cc[c]([In])cc1. The number of ether oxygens (including phenoxy) is 4. The Morgan fingerprint density at radius 3 is 0.807 bits per heavy atom. The summed E-state index contributed by atoms with van der Waals surface area (Å²) in [5.41, 5.74) is 8.66. The molecule has 0 N–H and O–H groups in total. The van der Waals surface area contributed by atoms with E-state index in [-0.39, 0.29) is 21.7 Å². The first-order valence-corrected chi connectivity index (χ1v) is 45.9. The Kier molecular flexibility index (Phi) is 27.0. The van der Waals surface area contributed by atoms with Gasteiger partial charge in [0.2, 0.25) is 0 Å². The van der Waals surface area contributed by atoms with Crippen LogP contribution in [0.5, 0.6) is 23.0 Å². The van der Waals surface area contributed by atoms with Crippen molar-refractivity contribution in [2.45, 2.75) is 269 Å². The van der Waals surface area contributed by atoms with Crippen LogP contribution >= 0.6 is 0 Å². The van der Waals surface area contributed by atoms with E-state index in [9.17, 15) is 13.2 Å². The molecule has 0 saturated carbocycles. The number of alkyl halides is 3. The van der Waals surface area contributed by atoms with Gasteiger partial charge in [-0.2, -0.15) is 0 Å². The zero-order chi connectivity index (χ0) is 85.2. The van der Waals surface area contributed by atoms with Crippen LogP contribution in [0.3, 0.4) is 0 Å². The second-order valence-electron chi connectivity index (χ2n) is 37.9. The number of nitrogens with zero attached hydrogens (tertiary/aromatic N) is 8. The molecule has 2 aliphatic rings. The molecule has 3 aromatic heterocycles. The molecule has 626 valence electrons. The molecule has 0 saturated heterocycles. The van der Waals surface area contributed by atoms with Crippen molar-refractivity contribution in [1.29, 1.82) is 0 Å². The van der Waals surface area contributed by atoms with Crippen LogP contribution in [0.15, 0.2) is 121 Å². The Bertz CT molecular complexity index is 5530. The summed E-state index contributed by atoms with van der Waals surface area (Å²) in [5.74, 6) is 7.02. The average Bonchev–Trinajstić information content (AvgIpc) is 1.52. The predicted octanol–water partition coefficient (Wildman–Crippen LogP) is 27.8. The number of halogens is 3. The molecule has 0 fully saturated rings. The molecule has 119 heavy (non-hydrogen) atoms. The standard InChI is InChI=1S/C96H120N8O4.C7H4F3.In/c1-21-29-33-57(25-5)53-105-81-45-65(93(9,10)11)37-61-41-73-77(49-69(61)81)89-97-85(73)102-90-79-51-71-63(39-67(95(15,16)17)47-83(71)107-55-59(27-7)35-31-23-3)43-75(79)87(99-90)104-92-80-52-72-64(40-68(96(18,19)20)48-84(72)108-56-60(28-8)36-32-24-4)44-76(80)88(100-92)103-91-78-50-70-62(42-74(78)86(98-91)101-89)38-66(94(12,13)14)46-82(70)106-54-58(26-6)34-30-22-2;8-7(9,10)6-4-2-1-3-5-6;/h37-52,57-60H,21-36,53-56H2,1-20H3;2-5H;/q-2;;. The number of benzene rings is 9. The van der Waals surface area contributed by atoms with Crippen LogP contribution in [-0.2, 0) is 27.8 Å². The van der Waals surface area contributed by atoms with E-state index in [0.29, 0.717) is 96.0 Å². The molecule has 0 aliphatic carbocycles. The third-order valence-corrected chi connectivity index (χ3v) is 25.7. The van der Waals surface area contributed by atoms with E-state index in [1.807, 2.05) is 0 Å². The molecule has 14 rings (SSSR count). The van der Waals surface area contributed by atoms with Crippen molar-refractivity contribution < 1.29 is 32.1 Å². The number of aromatic nitrogens is 8. The van der Waals surface area contributed by atoms with Gasteiger partial charge in [-0.3, -0.25) is 0 Å². The summed E-state index contributed by atoms with van der Waals surface area (Å²) in [4.78, 5) is 45.4. The van der Waals surface area contributed by atoms with Crippen LogP contribution in [0.25, 0.3) is 133 Å².